The van der Waals surface area contributed by atoms with Crippen LogP contribution in [0.15, 0.2) is 42.7 Å². The first kappa shape index (κ1) is 26.1. The molecule has 2 aromatic rings. The van der Waals surface area contributed by atoms with E-state index >= 15 is 0 Å². The van der Waals surface area contributed by atoms with Crippen molar-refractivity contribution in [3.05, 3.63) is 53.9 Å². The first-order chi connectivity index (χ1) is 17.4. The quantitative estimate of drug-likeness (QED) is 0.680. The summed E-state index contributed by atoms with van der Waals surface area (Å²) in [6.45, 7) is 6.69. The molecule has 8 heteroatoms. The molecular weight excluding hydrogens is 456 g/mol. The van der Waals surface area contributed by atoms with E-state index in [0.717, 1.165) is 37.9 Å². The largest absolute Gasteiger partial charge is 0.491 e. The van der Waals surface area contributed by atoms with Gasteiger partial charge in [-0.25, -0.2) is 0 Å². The number of ether oxygens (including phenoxy) is 2. The minimum Gasteiger partial charge on any atom is -0.491 e. The van der Waals surface area contributed by atoms with Crippen molar-refractivity contribution in [1.29, 1.82) is 0 Å². The molecule has 1 aromatic heterocycles. The number of aromatic nitrogens is 1. The van der Waals surface area contributed by atoms with Gasteiger partial charge in [0, 0.05) is 63.8 Å². The van der Waals surface area contributed by atoms with Crippen LogP contribution in [0, 0.1) is 11.8 Å². The standard InChI is InChI=1S/C28H38N4O4/c1-19-15-32(16-21-7-6-12-29-14-21)20(2)18-36-25-11-10-23(30-27(33)22-8-5-9-22)13-24(25)28(34)31(3)17-26(19)35-4/h6-7,10-14,19-20,22,26H,5,8-9,15-18H2,1-4H3,(H,30,33)/t19-,20+,26-/m1/s1. The predicted molar refractivity (Wildman–Crippen MR) is 139 cm³/mol. The highest BCUT2D eigenvalue weighted by molar-refractivity contribution is 6.00. The van der Waals surface area contributed by atoms with Gasteiger partial charge < -0.3 is 19.7 Å². The molecular formula is C28H38N4O4. The van der Waals surface area contributed by atoms with Crippen molar-refractivity contribution >= 4 is 17.5 Å². The molecule has 0 radical (unpaired) electrons. The molecule has 0 unspecified atom stereocenters. The summed E-state index contributed by atoms with van der Waals surface area (Å²) in [6, 6.07) is 9.45. The minimum atomic E-state index is -0.153. The molecule has 1 saturated carbocycles. The van der Waals surface area contributed by atoms with Gasteiger partial charge in [-0.15, -0.1) is 0 Å². The summed E-state index contributed by atoms with van der Waals surface area (Å²) >= 11 is 0. The second-order valence-corrected chi connectivity index (χ2v) is 10.2. The van der Waals surface area contributed by atoms with Gasteiger partial charge >= 0.3 is 0 Å². The number of amides is 2. The number of fused-ring (bicyclic) bond motifs is 1. The number of rotatable bonds is 5. The normalized spacial score (nSPS) is 24.1. The summed E-state index contributed by atoms with van der Waals surface area (Å²) in [5, 5.41) is 2.98. The summed E-state index contributed by atoms with van der Waals surface area (Å²) in [7, 11) is 3.48. The predicted octanol–water partition coefficient (Wildman–Crippen LogP) is 3.83. The lowest BCUT2D eigenvalue weighted by Gasteiger charge is -2.36. The summed E-state index contributed by atoms with van der Waals surface area (Å²) in [4.78, 5) is 34.3. The Bertz CT molecular complexity index is 1040. The van der Waals surface area contributed by atoms with E-state index in [4.69, 9.17) is 9.47 Å². The maximum Gasteiger partial charge on any atom is 0.257 e. The Labute approximate surface area is 214 Å². The minimum absolute atomic E-state index is 0.0176. The third kappa shape index (κ3) is 6.23. The highest BCUT2D eigenvalue weighted by Gasteiger charge is 2.29. The zero-order valence-corrected chi connectivity index (χ0v) is 21.8. The Balaban J connectivity index is 1.60. The van der Waals surface area contributed by atoms with E-state index in [0.29, 0.717) is 30.2 Å². The summed E-state index contributed by atoms with van der Waals surface area (Å²) in [6.07, 6.45) is 6.48. The van der Waals surface area contributed by atoms with Crippen molar-refractivity contribution in [3.63, 3.8) is 0 Å². The molecule has 3 atom stereocenters. The number of nitrogens with one attached hydrogen (secondary N) is 1. The highest BCUT2D eigenvalue weighted by atomic mass is 16.5. The average molecular weight is 495 g/mol. The number of hydrogen-bond acceptors (Lipinski definition) is 6. The summed E-state index contributed by atoms with van der Waals surface area (Å²) in [5.74, 6) is 0.625. The molecule has 2 aliphatic rings. The molecule has 8 nitrogen and oxygen atoms in total. The number of hydrogen-bond donors (Lipinski definition) is 1. The van der Waals surface area contributed by atoms with Crippen molar-refractivity contribution in [2.75, 3.05) is 39.2 Å². The molecule has 1 fully saturated rings. The van der Waals surface area contributed by atoms with Crippen LogP contribution >= 0.6 is 0 Å². The van der Waals surface area contributed by atoms with E-state index in [1.807, 2.05) is 18.3 Å². The van der Waals surface area contributed by atoms with Gasteiger partial charge in [-0.2, -0.15) is 0 Å². The van der Waals surface area contributed by atoms with Crippen LogP contribution in [0.3, 0.4) is 0 Å². The lowest BCUT2D eigenvalue weighted by atomic mass is 9.85. The average Bonchev–Trinajstić information content (AvgIpc) is 2.84. The lowest BCUT2D eigenvalue weighted by molar-refractivity contribution is -0.122. The van der Waals surface area contributed by atoms with Crippen LogP contribution in [0.25, 0.3) is 0 Å². The number of benzene rings is 1. The second kappa shape index (κ2) is 11.8. The third-order valence-corrected chi connectivity index (χ3v) is 7.43. The molecule has 1 aliphatic heterocycles. The summed E-state index contributed by atoms with van der Waals surface area (Å²) < 4.78 is 12.1. The number of likely N-dealkylation sites (N-methyl/N-ethyl adjacent to an activating group) is 1. The molecule has 0 bridgehead atoms. The number of anilines is 1. The van der Waals surface area contributed by atoms with E-state index in [2.05, 4.69) is 35.1 Å². The fourth-order valence-corrected chi connectivity index (χ4v) is 4.79. The smallest absolute Gasteiger partial charge is 0.257 e. The molecule has 0 saturated heterocycles. The van der Waals surface area contributed by atoms with Crippen molar-refractivity contribution in [2.45, 2.75) is 51.8 Å². The maximum atomic E-state index is 13.5. The number of nitrogens with zero attached hydrogens (tertiary/aromatic N) is 3. The molecule has 2 amide bonds. The van der Waals surface area contributed by atoms with Crippen LogP contribution in [-0.4, -0.2) is 72.6 Å². The fourth-order valence-electron chi connectivity index (χ4n) is 4.79. The van der Waals surface area contributed by atoms with Crippen LogP contribution in [0.1, 0.15) is 49.0 Å². The Kier molecular flexibility index (Phi) is 8.59. The maximum absolute atomic E-state index is 13.5. The van der Waals surface area contributed by atoms with Gasteiger partial charge in [0.1, 0.15) is 12.4 Å². The van der Waals surface area contributed by atoms with Crippen molar-refractivity contribution in [1.82, 2.24) is 14.8 Å². The first-order valence-electron chi connectivity index (χ1n) is 12.8. The van der Waals surface area contributed by atoms with E-state index in [1.54, 1.807) is 37.4 Å². The van der Waals surface area contributed by atoms with Crippen molar-refractivity contribution in [2.24, 2.45) is 11.8 Å². The summed E-state index contributed by atoms with van der Waals surface area (Å²) in [5.41, 5.74) is 2.20. The number of carbonyl (C=O) groups excluding carboxylic acids is 2. The zero-order valence-electron chi connectivity index (χ0n) is 21.8. The van der Waals surface area contributed by atoms with Crippen LogP contribution < -0.4 is 10.1 Å². The lowest BCUT2D eigenvalue weighted by Crippen LogP contribution is -2.46. The Hall–Kier alpha value is -2.97. The number of carbonyl (C=O) groups is 2. The van der Waals surface area contributed by atoms with Crippen LogP contribution in [0.5, 0.6) is 5.75 Å². The molecule has 1 N–H and O–H groups in total. The van der Waals surface area contributed by atoms with Crippen LogP contribution in [0.2, 0.25) is 0 Å². The van der Waals surface area contributed by atoms with E-state index in [-0.39, 0.29) is 35.8 Å². The molecule has 36 heavy (non-hydrogen) atoms. The Morgan fingerprint density at radius 3 is 2.69 bits per heavy atom. The second-order valence-electron chi connectivity index (χ2n) is 10.2. The SMILES string of the molecule is CO[C@@H]1CN(C)C(=O)c2cc(NC(=O)C3CCC3)ccc2OC[C@H](C)N(Cc2cccnc2)C[C@H]1C. The van der Waals surface area contributed by atoms with Gasteiger partial charge in [-0.1, -0.05) is 19.4 Å². The van der Waals surface area contributed by atoms with Crippen LogP contribution in [0.4, 0.5) is 5.69 Å². The van der Waals surface area contributed by atoms with Crippen molar-refractivity contribution < 1.29 is 19.1 Å². The molecule has 1 aliphatic carbocycles. The van der Waals surface area contributed by atoms with E-state index < -0.39 is 0 Å². The van der Waals surface area contributed by atoms with E-state index in [9.17, 15) is 9.59 Å². The van der Waals surface area contributed by atoms with Gasteiger partial charge in [0.15, 0.2) is 0 Å². The zero-order chi connectivity index (χ0) is 25.7. The number of methoxy groups -OCH3 is 1. The molecule has 0 spiro atoms. The fraction of sp³-hybridized carbons (Fsp3) is 0.536. The molecule has 4 rings (SSSR count). The first-order valence-corrected chi connectivity index (χ1v) is 12.8. The van der Waals surface area contributed by atoms with Gasteiger partial charge in [-0.3, -0.25) is 19.5 Å². The topological polar surface area (TPSA) is 84.0 Å². The Morgan fingerprint density at radius 2 is 2.03 bits per heavy atom. The monoisotopic (exact) mass is 494 g/mol. The number of pyridine rings is 1. The van der Waals surface area contributed by atoms with Crippen LogP contribution in [-0.2, 0) is 16.1 Å². The molecule has 2 heterocycles. The van der Waals surface area contributed by atoms with E-state index in [1.165, 1.54) is 0 Å². The highest BCUT2D eigenvalue weighted by Crippen LogP contribution is 2.30. The van der Waals surface area contributed by atoms with Gasteiger partial charge in [0.2, 0.25) is 5.91 Å². The van der Waals surface area contributed by atoms with Gasteiger partial charge in [0.25, 0.3) is 5.91 Å². The molecule has 194 valence electrons. The Morgan fingerprint density at radius 1 is 1.22 bits per heavy atom. The van der Waals surface area contributed by atoms with Gasteiger partial charge in [0.05, 0.1) is 11.7 Å². The van der Waals surface area contributed by atoms with Crippen molar-refractivity contribution in [3.8, 4) is 5.75 Å². The van der Waals surface area contributed by atoms with Gasteiger partial charge in [-0.05, 0) is 55.5 Å². The third-order valence-electron chi connectivity index (χ3n) is 7.43. The molecule has 1 aromatic carbocycles.